The van der Waals surface area contributed by atoms with Crippen molar-refractivity contribution >= 4 is 17.7 Å². The second-order valence-electron chi connectivity index (χ2n) is 3.44. The maximum Gasteiger partial charge on any atom is 0.334 e. The van der Waals surface area contributed by atoms with Gasteiger partial charge in [0.05, 0.1) is 12.2 Å². The molecule has 9 heteroatoms. The second kappa shape index (κ2) is 6.05. The number of aliphatic hydroxyl groups is 1. The van der Waals surface area contributed by atoms with Crippen LogP contribution in [0.15, 0.2) is 12.1 Å². The molecule has 0 aliphatic rings. The van der Waals surface area contributed by atoms with Crippen molar-refractivity contribution in [1.82, 2.24) is 5.32 Å². The number of halogens is 3. The van der Waals surface area contributed by atoms with E-state index in [4.69, 9.17) is 10.2 Å². The summed E-state index contributed by atoms with van der Waals surface area (Å²) in [6.45, 7) is -0.632. The third-order valence-electron chi connectivity index (χ3n) is 2.00. The summed E-state index contributed by atoms with van der Waals surface area (Å²) in [5.41, 5.74) is -0.624. The van der Waals surface area contributed by atoms with Gasteiger partial charge < -0.3 is 20.8 Å². The lowest BCUT2D eigenvalue weighted by molar-refractivity contribution is -0.146. The van der Waals surface area contributed by atoms with E-state index in [1.165, 1.54) is 0 Å². The van der Waals surface area contributed by atoms with Gasteiger partial charge in [0.25, 0.3) is 0 Å². The highest BCUT2D eigenvalue weighted by atomic mass is 19.2. The number of rotatable bonds is 4. The molecule has 0 aliphatic carbocycles. The largest absolute Gasteiger partial charge is 0.479 e. The second-order valence-corrected chi connectivity index (χ2v) is 3.44. The van der Waals surface area contributed by atoms with Gasteiger partial charge in [0.2, 0.25) is 0 Å². The molecule has 0 fully saturated rings. The minimum Gasteiger partial charge on any atom is -0.479 e. The quantitative estimate of drug-likeness (QED) is 0.608. The fourth-order valence-corrected chi connectivity index (χ4v) is 1.06. The number of carbonyl (C=O) groups is 2. The predicted molar refractivity (Wildman–Crippen MR) is 57.0 cm³/mol. The standard InChI is InChI=1S/C10H9F3N2O4/c11-4-1-6(13)7(2-5(4)12)15-10(19)14-3-8(16)9(17)18/h1-2,8,16H,3H2,(H,17,18)(H2,14,15,19). The first kappa shape index (κ1) is 14.8. The molecule has 0 radical (unpaired) electrons. The Hall–Kier alpha value is -2.29. The van der Waals surface area contributed by atoms with E-state index in [-0.39, 0.29) is 6.07 Å². The molecule has 1 aromatic carbocycles. The summed E-state index contributed by atoms with van der Waals surface area (Å²) in [5.74, 6) is -5.53. The third kappa shape index (κ3) is 4.14. The molecule has 4 N–H and O–H groups in total. The van der Waals surface area contributed by atoms with Crippen LogP contribution in [0.2, 0.25) is 0 Å². The van der Waals surface area contributed by atoms with Crippen molar-refractivity contribution < 1.29 is 33.0 Å². The minimum absolute atomic E-state index is 0.247. The minimum atomic E-state index is -1.83. The first-order chi connectivity index (χ1) is 8.81. The number of urea groups is 1. The molecule has 0 saturated heterocycles. The van der Waals surface area contributed by atoms with Crippen molar-refractivity contribution in [3.8, 4) is 0 Å². The molecular weight excluding hydrogens is 269 g/mol. The number of anilines is 1. The van der Waals surface area contributed by atoms with Crippen LogP contribution in [-0.4, -0.2) is 34.9 Å². The van der Waals surface area contributed by atoms with E-state index in [0.717, 1.165) is 0 Å². The smallest absolute Gasteiger partial charge is 0.334 e. The Morgan fingerprint density at radius 1 is 1.16 bits per heavy atom. The van der Waals surface area contributed by atoms with Crippen molar-refractivity contribution in [3.63, 3.8) is 0 Å². The SMILES string of the molecule is O=C(NCC(O)C(=O)O)Nc1cc(F)c(F)cc1F. The first-order valence-corrected chi connectivity index (χ1v) is 4.91. The molecular formula is C10H9F3N2O4. The molecule has 6 nitrogen and oxygen atoms in total. The van der Waals surface area contributed by atoms with Gasteiger partial charge in [0.15, 0.2) is 17.7 Å². The summed E-state index contributed by atoms with van der Waals surface area (Å²) in [6, 6.07) is -0.403. The average molecular weight is 278 g/mol. The predicted octanol–water partition coefficient (Wildman–Crippen LogP) is 0.671. The highest BCUT2D eigenvalue weighted by Crippen LogP contribution is 2.18. The Kier molecular flexibility index (Phi) is 4.70. The molecule has 1 aromatic rings. The van der Waals surface area contributed by atoms with Gasteiger partial charge in [0.1, 0.15) is 5.82 Å². The van der Waals surface area contributed by atoms with Gasteiger partial charge in [-0.05, 0) is 0 Å². The maximum absolute atomic E-state index is 13.1. The van der Waals surface area contributed by atoms with E-state index >= 15 is 0 Å². The van der Waals surface area contributed by atoms with Crippen LogP contribution in [0, 0.1) is 17.5 Å². The highest BCUT2D eigenvalue weighted by Gasteiger charge is 2.16. The van der Waals surface area contributed by atoms with Crippen molar-refractivity contribution in [2.24, 2.45) is 0 Å². The summed E-state index contributed by atoms with van der Waals surface area (Å²) in [6.07, 6.45) is -1.83. The number of benzene rings is 1. The lowest BCUT2D eigenvalue weighted by Gasteiger charge is -2.10. The number of hydrogen-bond donors (Lipinski definition) is 4. The zero-order valence-electron chi connectivity index (χ0n) is 9.28. The monoisotopic (exact) mass is 278 g/mol. The molecule has 0 aromatic heterocycles. The van der Waals surface area contributed by atoms with Crippen LogP contribution in [0.3, 0.4) is 0 Å². The summed E-state index contributed by atoms with van der Waals surface area (Å²) < 4.78 is 38.5. The van der Waals surface area contributed by atoms with Crippen molar-refractivity contribution in [1.29, 1.82) is 0 Å². The van der Waals surface area contributed by atoms with E-state index in [9.17, 15) is 22.8 Å². The van der Waals surface area contributed by atoms with Gasteiger partial charge in [-0.1, -0.05) is 0 Å². The number of amides is 2. The number of aliphatic hydroxyl groups excluding tert-OH is 1. The summed E-state index contributed by atoms with van der Waals surface area (Å²) in [5, 5.41) is 20.9. The third-order valence-corrected chi connectivity index (χ3v) is 2.00. The molecule has 0 aliphatic heterocycles. The van der Waals surface area contributed by atoms with E-state index in [1.807, 2.05) is 10.6 Å². The number of carboxylic acid groups (broad SMARTS) is 1. The zero-order chi connectivity index (χ0) is 14.6. The van der Waals surface area contributed by atoms with Gasteiger partial charge in [-0.15, -0.1) is 0 Å². The Balaban J connectivity index is 2.62. The maximum atomic E-state index is 13.1. The molecule has 0 saturated carbocycles. The Bertz CT molecular complexity index is 510. The molecule has 1 atom stereocenters. The van der Waals surface area contributed by atoms with Crippen LogP contribution in [0.1, 0.15) is 0 Å². The molecule has 19 heavy (non-hydrogen) atoms. The summed E-state index contributed by atoms with van der Waals surface area (Å²) in [4.78, 5) is 21.4. The number of carboxylic acids is 1. The van der Waals surface area contributed by atoms with Crippen molar-refractivity contribution in [2.75, 3.05) is 11.9 Å². The van der Waals surface area contributed by atoms with Crippen LogP contribution in [-0.2, 0) is 4.79 Å². The molecule has 104 valence electrons. The van der Waals surface area contributed by atoms with E-state index in [1.54, 1.807) is 0 Å². The van der Waals surface area contributed by atoms with Gasteiger partial charge in [0, 0.05) is 12.1 Å². The molecule has 0 heterocycles. The highest BCUT2D eigenvalue weighted by molar-refractivity contribution is 5.89. The van der Waals surface area contributed by atoms with Crippen LogP contribution in [0.5, 0.6) is 0 Å². The van der Waals surface area contributed by atoms with E-state index < -0.39 is 47.8 Å². The first-order valence-electron chi connectivity index (χ1n) is 4.91. The topological polar surface area (TPSA) is 98.7 Å². The van der Waals surface area contributed by atoms with Crippen molar-refractivity contribution in [3.05, 3.63) is 29.6 Å². The number of hydrogen-bond acceptors (Lipinski definition) is 3. The fraction of sp³-hybridized carbons (Fsp3) is 0.200. The number of carbonyl (C=O) groups excluding carboxylic acids is 1. The van der Waals surface area contributed by atoms with Crippen LogP contribution >= 0.6 is 0 Å². The lowest BCUT2D eigenvalue weighted by atomic mass is 10.3. The molecule has 1 unspecified atom stereocenters. The average Bonchev–Trinajstić information content (AvgIpc) is 2.32. The molecule has 0 spiro atoms. The Morgan fingerprint density at radius 3 is 2.32 bits per heavy atom. The summed E-state index contributed by atoms with van der Waals surface area (Å²) in [7, 11) is 0. The number of nitrogens with one attached hydrogen (secondary N) is 2. The van der Waals surface area contributed by atoms with Crippen LogP contribution in [0.4, 0.5) is 23.7 Å². The molecule has 0 bridgehead atoms. The van der Waals surface area contributed by atoms with Crippen LogP contribution < -0.4 is 10.6 Å². The van der Waals surface area contributed by atoms with Gasteiger partial charge >= 0.3 is 12.0 Å². The summed E-state index contributed by atoms with van der Waals surface area (Å²) >= 11 is 0. The van der Waals surface area contributed by atoms with Gasteiger partial charge in [-0.3, -0.25) is 0 Å². The fourth-order valence-electron chi connectivity index (χ4n) is 1.06. The molecule has 1 rings (SSSR count). The number of aliphatic carboxylic acids is 1. The lowest BCUT2D eigenvalue weighted by Crippen LogP contribution is -2.38. The van der Waals surface area contributed by atoms with Gasteiger partial charge in [-0.2, -0.15) is 0 Å². The van der Waals surface area contributed by atoms with Crippen molar-refractivity contribution in [2.45, 2.75) is 6.10 Å². The Labute approximate surface area is 104 Å². The Morgan fingerprint density at radius 2 is 1.74 bits per heavy atom. The van der Waals surface area contributed by atoms with E-state index in [0.29, 0.717) is 6.07 Å². The zero-order valence-corrected chi connectivity index (χ0v) is 9.28. The van der Waals surface area contributed by atoms with E-state index in [2.05, 4.69) is 0 Å². The van der Waals surface area contributed by atoms with Gasteiger partial charge in [-0.25, -0.2) is 22.8 Å². The normalized spacial score (nSPS) is 11.8. The van der Waals surface area contributed by atoms with Crippen LogP contribution in [0.25, 0.3) is 0 Å². The molecule has 2 amide bonds.